The lowest BCUT2D eigenvalue weighted by Crippen LogP contribution is -1.84. The van der Waals surface area contributed by atoms with E-state index >= 15 is 0 Å². The number of halogens is 1. The quantitative estimate of drug-likeness (QED) is 0.580. The molecule has 0 aliphatic heterocycles. The maximum Gasteiger partial charge on any atom is 0.180 e. The fraction of sp³-hybridized carbons (Fsp3) is 0.750. The molecule has 1 aromatic rings. The minimum absolute atomic E-state index is 0.0799. The fourth-order valence-corrected chi connectivity index (χ4v) is 0.758. The van der Waals surface area contributed by atoms with E-state index in [1.165, 1.54) is 0 Å². The molecule has 1 heterocycles. The molecule has 0 unspecified atom stereocenters. The molecule has 0 bridgehead atoms. The summed E-state index contributed by atoms with van der Waals surface area (Å²) in [6.07, 6.45) is -0.179. The lowest BCUT2D eigenvalue weighted by Gasteiger charge is -1.78. The van der Waals surface area contributed by atoms with Crippen LogP contribution in [0.25, 0.3) is 0 Å². The van der Waals surface area contributed by atoms with Crippen LogP contribution in [0.1, 0.15) is 18.2 Å². The van der Waals surface area contributed by atoms with Gasteiger partial charge in [0, 0.05) is 0 Å². The zero-order chi connectivity index (χ0) is 6.27. The number of rotatable bonds is 1. The Morgan fingerprint density at radius 3 is 2.89 bits per heavy atom. The van der Waals surface area contributed by atoms with Crippen LogP contribution in [0, 0.1) is 0 Å². The van der Waals surface area contributed by atoms with Gasteiger partial charge in [0.1, 0.15) is 6.17 Å². The minimum atomic E-state index is -0.734. The van der Waals surface area contributed by atoms with E-state index in [1.54, 1.807) is 0 Å². The first kappa shape index (κ1) is 4.84. The van der Waals surface area contributed by atoms with Crippen molar-refractivity contribution in [2.75, 3.05) is 0 Å². The van der Waals surface area contributed by atoms with Gasteiger partial charge in [-0.25, -0.2) is 4.39 Å². The molecule has 1 fully saturated rings. The molecule has 4 nitrogen and oxygen atoms in total. The number of hydrogen-bond acceptors (Lipinski definition) is 3. The van der Waals surface area contributed by atoms with E-state index in [9.17, 15) is 4.39 Å². The second-order valence-electron chi connectivity index (χ2n) is 2.13. The van der Waals surface area contributed by atoms with Crippen LogP contribution in [-0.4, -0.2) is 26.8 Å². The molecule has 1 N–H and O–H groups in total. The maximum absolute atomic E-state index is 12.2. The molecular formula is C4H5FN4. The van der Waals surface area contributed by atoms with Gasteiger partial charge in [-0.1, -0.05) is 5.21 Å². The highest BCUT2D eigenvalue weighted by Crippen LogP contribution is 2.41. The largest absolute Gasteiger partial charge is 0.247 e. The second kappa shape index (κ2) is 1.49. The predicted octanol–water partition coefficient (Wildman–Crippen LogP) is 0.0251. The summed E-state index contributed by atoms with van der Waals surface area (Å²) in [5.74, 6) is 0.422. The van der Waals surface area contributed by atoms with Crippen LogP contribution in [0.3, 0.4) is 0 Å². The first-order valence-corrected chi connectivity index (χ1v) is 2.75. The highest BCUT2D eigenvalue weighted by atomic mass is 19.1. The van der Waals surface area contributed by atoms with E-state index in [1.807, 2.05) is 0 Å². The molecule has 1 aliphatic carbocycles. The minimum Gasteiger partial charge on any atom is -0.247 e. The topological polar surface area (TPSA) is 54.5 Å². The molecule has 2 atom stereocenters. The van der Waals surface area contributed by atoms with Gasteiger partial charge in [-0.05, 0) is 6.42 Å². The van der Waals surface area contributed by atoms with E-state index in [2.05, 4.69) is 20.6 Å². The van der Waals surface area contributed by atoms with E-state index < -0.39 is 6.17 Å². The number of nitrogens with zero attached hydrogens (tertiary/aromatic N) is 3. The average Bonchev–Trinajstić information content (AvgIpc) is 2.44. The Morgan fingerprint density at radius 1 is 1.67 bits per heavy atom. The van der Waals surface area contributed by atoms with Gasteiger partial charge in [0.05, 0.1) is 5.92 Å². The van der Waals surface area contributed by atoms with Crippen molar-refractivity contribution in [1.29, 1.82) is 0 Å². The van der Waals surface area contributed by atoms with Crippen LogP contribution >= 0.6 is 0 Å². The Kier molecular flexibility index (Phi) is 0.802. The smallest absolute Gasteiger partial charge is 0.180 e. The van der Waals surface area contributed by atoms with Crippen molar-refractivity contribution in [3.63, 3.8) is 0 Å². The van der Waals surface area contributed by atoms with Crippen molar-refractivity contribution in [2.45, 2.75) is 18.5 Å². The van der Waals surface area contributed by atoms with Crippen LogP contribution < -0.4 is 0 Å². The summed E-state index contributed by atoms with van der Waals surface area (Å²) >= 11 is 0. The highest BCUT2D eigenvalue weighted by molar-refractivity contribution is 5.07. The van der Waals surface area contributed by atoms with Crippen molar-refractivity contribution in [3.05, 3.63) is 5.82 Å². The molecular weight excluding hydrogens is 123 g/mol. The SMILES string of the molecule is F[C@H]1C[C@@H]1c1nn[nH]n1. The summed E-state index contributed by atoms with van der Waals surface area (Å²) < 4.78 is 12.2. The van der Waals surface area contributed by atoms with Gasteiger partial charge < -0.3 is 0 Å². The van der Waals surface area contributed by atoms with Crippen LogP contribution in [0.15, 0.2) is 0 Å². The second-order valence-corrected chi connectivity index (χ2v) is 2.13. The van der Waals surface area contributed by atoms with E-state index in [0.717, 1.165) is 0 Å². The van der Waals surface area contributed by atoms with Gasteiger partial charge in [-0.3, -0.25) is 0 Å². The standard InChI is InChI=1S/C4H5FN4/c5-3-1-2(3)4-6-8-9-7-4/h2-3H,1H2,(H,6,7,8,9)/t2-,3-/m0/s1. The van der Waals surface area contributed by atoms with E-state index in [-0.39, 0.29) is 5.92 Å². The third-order valence-electron chi connectivity index (χ3n) is 1.41. The fourth-order valence-electron chi connectivity index (χ4n) is 0.758. The van der Waals surface area contributed by atoms with Crippen LogP contribution in [0.2, 0.25) is 0 Å². The summed E-state index contributed by atoms with van der Waals surface area (Å²) in [4.78, 5) is 0. The third-order valence-corrected chi connectivity index (χ3v) is 1.41. The molecule has 1 saturated carbocycles. The Hall–Kier alpha value is -1.00. The molecule has 1 aromatic heterocycles. The van der Waals surface area contributed by atoms with Crippen LogP contribution in [-0.2, 0) is 0 Å². The van der Waals surface area contributed by atoms with Gasteiger partial charge in [0.15, 0.2) is 5.82 Å². The average molecular weight is 128 g/mol. The predicted molar refractivity (Wildman–Crippen MR) is 26.4 cm³/mol. The highest BCUT2D eigenvalue weighted by Gasteiger charge is 2.41. The molecule has 0 spiro atoms. The molecule has 0 aromatic carbocycles. The van der Waals surface area contributed by atoms with Crippen molar-refractivity contribution in [1.82, 2.24) is 20.6 Å². The van der Waals surface area contributed by atoms with Gasteiger partial charge in [-0.15, -0.1) is 10.2 Å². The number of hydrogen-bond donors (Lipinski definition) is 1. The number of aromatic nitrogens is 4. The van der Waals surface area contributed by atoms with Gasteiger partial charge in [0.25, 0.3) is 0 Å². The van der Waals surface area contributed by atoms with Crippen molar-refractivity contribution in [3.8, 4) is 0 Å². The first-order valence-electron chi connectivity index (χ1n) is 2.75. The zero-order valence-electron chi connectivity index (χ0n) is 4.58. The Balaban J connectivity index is 2.18. The lowest BCUT2D eigenvalue weighted by molar-refractivity contribution is 0.465. The molecule has 48 valence electrons. The Morgan fingerprint density at radius 2 is 2.44 bits per heavy atom. The monoisotopic (exact) mass is 128 g/mol. The summed E-state index contributed by atoms with van der Waals surface area (Å²) in [6.45, 7) is 0. The van der Waals surface area contributed by atoms with Crippen LogP contribution in [0.4, 0.5) is 4.39 Å². The normalized spacial score (nSPS) is 32.6. The zero-order valence-corrected chi connectivity index (χ0v) is 4.58. The molecule has 9 heavy (non-hydrogen) atoms. The molecule has 0 radical (unpaired) electrons. The summed E-state index contributed by atoms with van der Waals surface area (Å²) in [7, 11) is 0. The van der Waals surface area contributed by atoms with Crippen molar-refractivity contribution in [2.24, 2.45) is 0 Å². The number of aromatic amines is 1. The number of tetrazole rings is 1. The molecule has 0 saturated heterocycles. The molecule has 0 amide bonds. The summed E-state index contributed by atoms with van der Waals surface area (Å²) in [6, 6.07) is 0. The van der Waals surface area contributed by atoms with E-state index in [0.29, 0.717) is 12.2 Å². The summed E-state index contributed by atoms with van der Waals surface area (Å²) in [5, 5.41) is 12.9. The summed E-state index contributed by atoms with van der Waals surface area (Å²) in [5.41, 5.74) is 0. The number of nitrogens with one attached hydrogen (secondary N) is 1. The molecule has 2 rings (SSSR count). The lowest BCUT2D eigenvalue weighted by atomic mass is 10.4. The first-order chi connectivity index (χ1) is 4.38. The maximum atomic E-state index is 12.2. The van der Waals surface area contributed by atoms with Gasteiger partial charge in [0.2, 0.25) is 0 Å². The number of H-pyrrole nitrogens is 1. The van der Waals surface area contributed by atoms with Crippen LogP contribution in [0.5, 0.6) is 0 Å². The third kappa shape index (κ3) is 0.684. The van der Waals surface area contributed by atoms with Crippen molar-refractivity contribution < 1.29 is 4.39 Å². The number of alkyl halides is 1. The van der Waals surface area contributed by atoms with Crippen molar-refractivity contribution >= 4 is 0 Å². The Bertz CT molecular complexity index is 196. The molecule has 5 heteroatoms. The van der Waals surface area contributed by atoms with Gasteiger partial charge >= 0.3 is 0 Å². The van der Waals surface area contributed by atoms with E-state index in [4.69, 9.17) is 0 Å². The Labute approximate surface area is 50.5 Å². The van der Waals surface area contributed by atoms with Gasteiger partial charge in [-0.2, -0.15) is 5.21 Å². The molecule has 1 aliphatic rings.